The SMILES string of the molecule is O=C(O)NCC1CN(S(=O)(=O)c2cccc(Br)c2)C1. The summed E-state index contributed by atoms with van der Waals surface area (Å²) in [5.74, 6) is 0.0398. The van der Waals surface area contributed by atoms with Gasteiger partial charge in [0.2, 0.25) is 10.0 Å². The smallest absolute Gasteiger partial charge is 0.404 e. The lowest BCUT2D eigenvalue weighted by Gasteiger charge is -2.37. The van der Waals surface area contributed by atoms with Crippen molar-refractivity contribution in [3.8, 4) is 0 Å². The minimum atomic E-state index is -3.47. The number of nitrogens with one attached hydrogen (secondary N) is 1. The Morgan fingerprint density at radius 3 is 2.74 bits per heavy atom. The van der Waals surface area contributed by atoms with Gasteiger partial charge >= 0.3 is 6.09 Å². The van der Waals surface area contributed by atoms with Crippen molar-refractivity contribution < 1.29 is 18.3 Å². The Balaban J connectivity index is 1.98. The van der Waals surface area contributed by atoms with Crippen LogP contribution in [0.3, 0.4) is 0 Å². The fraction of sp³-hybridized carbons (Fsp3) is 0.364. The topological polar surface area (TPSA) is 86.7 Å². The van der Waals surface area contributed by atoms with E-state index < -0.39 is 16.1 Å². The Morgan fingerprint density at radius 2 is 2.16 bits per heavy atom. The molecule has 1 saturated heterocycles. The first-order chi connectivity index (χ1) is 8.89. The lowest BCUT2D eigenvalue weighted by atomic mass is 10.0. The first-order valence-electron chi connectivity index (χ1n) is 5.62. The van der Waals surface area contributed by atoms with Crippen LogP contribution in [-0.4, -0.2) is 43.6 Å². The van der Waals surface area contributed by atoms with E-state index in [1.165, 1.54) is 4.31 Å². The highest BCUT2D eigenvalue weighted by Crippen LogP contribution is 2.26. The average molecular weight is 349 g/mol. The summed E-state index contributed by atoms with van der Waals surface area (Å²) in [7, 11) is -3.47. The molecule has 0 bridgehead atoms. The molecule has 0 aromatic heterocycles. The third-order valence-electron chi connectivity index (χ3n) is 2.90. The second-order valence-electron chi connectivity index (χ2n) is 4.33. The lowest BCUT2D eigenvalue weighted by Crippen LogP contribution is -2.53. The van der Waals surface area contributed by atoms with Gasteiger partial charge in [0.1, 0.15) is 0 Å². The fourth-order valence-corrected chi connectivity index (χ4v) is 4.05. The summed E-state index contributed by atoms with van der Waals surface area (Å²) >= 11 is 3.24. The van der Waals surface area contributed by atoms with Crippen LogP contribution in [0.15, 0.2) is 33.6 Å². The quantitative estimate of drug-likeness (QED) is 0.859. The van der Waals surface area contributed by atoms with Crippen LogP contribution in [0, 0.1) is 5.92 Å². The average Bonchev–Trinajstić information content (AvgIpc) is 2.26. The highest BCUT2D eigenvalue weighted by molar-refractivity contribution is 9.10. The third-order valence-corrected chi connectivity index (χ3v) is 5.22. The number of hydrogen-bond acceptors (Lipinski definition) is 3. The third kappa shape index (κ3) is 3.26. The van der Waals surface area contributed by atoms with Crippen LogP contribution in [0.2, 0.25) is 0 Å². The normalized spacial score (nSPS) is 16.9. The van der Waals surface area contributed by atoms with Gasteiger partial charge in [-0.2, -0.15) is 4.31 Å². The number of rotatable bonds is 4. The van der Waals surface area contributed by atoms with Crippen LogP contribution in [0.4, 0.5) is 4.79 Å². The summed E-state index contributed by atoms with van der Waals surface area (Å²) in [5.41, 5.74) is 0. The van der Waals surface area contributed by atoms with Gasteiger partial charge in [0.25, 0.3) is 0 Å². The molecule has 19 heavy (non-hydrogen) atoms. The number of nitrogens with zero attached hydrogens (tertiary/aromatic N) is 1. The molecule has 0 aliphatic carbocycles. The minimum absolute atomic E-state index is 0.0398. The molecule has 1 amide bonds. The van der Waals surface area contributed by atoms with E-state index in [-0.39, 0.29) is 17.4 Å². The van der Waals surface area contributed by atoms with E-state index in [0.717, 1.165) is 0 Å². The zero-order valence-electron chi connectivity index (χ0n) is 9.91. The molecule has 2 rings (SSSR count). The molecule has 1 heterocycles. The van der Waals surface area contributed by atoms with Crippen molar-refractivity contribution in [3.05, 3.63) is 28.7 Å². The van der Waals surface area contributed by atoms with Gasteiger partial charge in [-0.25, -0.2) is 13.2 Å². The van der Waals surface area contributed by atoms with Crippen LogP contribution in [0.5, 0.6) is 0 Å². The number of carboxylic acid groups (broad SMARTS) is 1. The standard InChI is InChI=1S/C11H13BrN2O4S/c12-9-2-1-3-10(4-9)19(17,18)14-6-8(7-14)5-13-11(15)16/h1-4,8,13H,5-7H2,(H,15,16). The van der Waals surface area contributed by atoms with Gasteiger partial charge in [-0.05, 0) is 18.2 Å². The number of benzene rings is 1. The summed E-state index contributed by atoms with van der Waals surface area (Å²) in [4.78, 5) is 10.6. The Morgan fingerprint density at radius 1 is 1.47 bits per heavy atom. The highest BCUT2D eigenvalue weighted by atomic mass is 79.9. The van der Waals surface area contributed by atoms with Gasteiger partial charge in [-0.3, -0.25) is 0 Å². The van der Waals surface area contributed by atoms with Crippen molar-refractivity contribution in [2.45, 2.75) is 4.90 Å². The van der Waals surface area contributed by atoms with Crippen molar-refractivity contribution in [1.29, 1.82) is 0 Å². The molecular weight excluding hydrogens is 336 g/mol. The number of hydrogen-bond donors (Lipinski definition) is 2. The number of amides is 1. The molecule has 0 radical (unpaired) electrons. The van der Waals surface area contributed by atoms with Crippen LogP contribution in [0.25, 0.3) is 0 Å². The van der Waals surface area contributed by atoms with Crippen LogP contribution in [0.1, 0.15) is 0 Å². The van der Waals surface area contributed by atoms with Gasteiger partial charge in [-0.15, -0.1) is 0 Å². The molecule has 104 valence electrons. The van der Waals surface area contributed by atoms with Crippen LogP contribution in [-0.2, 0) is 10.0 Å². The molecule has 0 unspecified atom stereocenters. The molecule has 1 aliphatic rings. The molecule has 0 atom stereocenters. The van der Waals surface area contributed by atoms with E-state index in [1.54, 1.807) is 24.3 Å². The number of carbonyl (C=O) groups is 1. The number of halogens is 1. The molecule has 1 fully saturated rings. The van der Waals surface area contributed by atoms with E-state index in [4.69, 9.17) is 5.11 Å². The lowest BCUT2D eigenvalue weighted by molar-refractivity contribution is 0.172. The van der Waals surface area contributed by atoms with Crippen molar-refractivity contribution in [3.63, 3.8) is 0 Å². The molecule has 1 aromatic rings. The fourth-order valence-electron chi connectivity index (χ4n) is 1.86. The molecule has 1 aliphatic heterocycles. The first-order valence-corrected chi connectivity index (χ1v) is 7.85. The maximum atomic E-state index is 12.2. The first kappa shape index (κ1) is 14.3. The molecule has 8 heteroatoms. The Bertz CT molecular complexity index is 584. The maximum absolute atomic E-state index is 12.2. The Kier molecular flexibility index (Phi) is 4.12. The van der Waals surface area contributed by atoms with Crippen LogP contribution < -0.4 is 5.32 Å². The highest BCUT2D eigenvalue weighted by Gasteiger charge is 2.36. The summed E-state index contributed by atoms with van der Waals surface area (Å²) in [6.07, 6.45) is -1.09. The molecule has 0 saturated carbocycles. The largest absolute Gasteiger partial charge is 0.465 e. The van der Waals surface area contributed by atoms with Crippen molar-refractivity contribution >= 4 is 32.0 Å². The maximum Gasteiger partial charge on any atom is 0.404 e. The molecule has 1 aromatic carbocycles. The van der Waals surface area contributed by atoms with E-state index in [9.17, 15) is 13.2 Å². The summed E-state index contributed by atoms with van der Waals surface area (Å²) in [5, 5.41) is 10.7. The van der Waals surface area contributed by atoms with E-state index in [2.05, 4.69) is 21.2 Å². The zero-order valence-corrected chi connectivity index (χ0v) is 12.3. The van der Waals surface area contributed by atoms with Crippen molar-refractivity contribution in [2.75, 3.05) is 19.6 Å². The van der Waals surface area contributed by atoms with Crippen LogP contribution >= 0.6 is 15.9 Å². The van der Waals surface area contributed by atoms with E-state index in [1.807, 2.05) is 0 Å². The molecule has 0 spiro atoms. The van der Waals surface area contributed by atoms with Gasteiger partial charge in [0, 0.05) is 30.0 Å². The second-order valence-corrected chi connectivity index (χ2v) is 7.19. The Labute approximate surface area is 119 Å². The minimum Gasteiger partial charge on any atom is -0.465 e. The monoisotopic (exact) mass is 348 g/mol. The summed E-state index contributed by atoms with van der Waals surface area (Å²) in [6, 6.07) is 6.52. The summed E-state index contributed by atoms with van der Waals surface area (Å²) in [6.45, 7) is 0.962. The van der Waals surface area contributed by atoms with Gasteiger partial charge in [0.15, 0.2) is 0 Å². The molecule has 6 nitrogen and oxygen atoms in total. The van der Waals surface area contributed by atoms with Gasteiger partial charge < -0.3 is 10.4 Å². The van der Waals surface area contributed by atoms with Crippen molar-refractivity contribution in [1.82, 2.24) is 9.62 Å². The van der Waals surface area contributed by atoms with E-state index in [0.29, 0.717) is 17.6 Å². The molecule has 2 N–H and O–H groups in total. The predicted octanol–water partition coefficient (Wildman–Crippen LogP) is 1.34. The molecular formula is C11H13BrN2O4S. The van der Waals surface area contributed by atoms with Gasteiger partial charge in [-0.1, -0.05) is 22.0 Å². The second kappa shape index (κ2) is 5.48. The van der Waals surface area contributed by atoms with Gasteiger partial charge in [0.05, 0.1) is 4.90 Å². The number of sulfonamides is 1. The predicted molar refractivity (Wildman–Crippen MR) is 72.4 cm³/mol. The summed E-state index contributed by atoms with van der Waals surface area (Å²) < 4.78 is 26.5. The van der Waals surface area contributed by atoms with Crippen molar-refractivity contribution in [2.24, 2.45) is 5.92 Å². The zero-order chi connectivity index (χ0) is 14.0. The Hall–Kier alpha value is -1.12. The van der Waals surface area contributed by atoms with E-state index >= 15 is 0 Å².